The van der Waals surface area contributed by atoms with E-state index in [0.29, 0.717) is 19.3 Å². The molecule has 2 aromatic rings. The van der Waals surface area contributed by atoms with Crippen molar-refractivity contribution in [2.24, 2.45) is 5.92 Å². The second-order valence-corrected chi connectivity index (χ2v) is 14.0. The lowest BCUT2D eigenvalue weighted by atomic mass is 9.74. The predicted molar refractivity (Wildman–Crippen MR) is 197 cm³/mol. The smallest absolute Gasteiger partial charge is 0.344 e. The highest BCUT2D eigenvalue weighted by atomic mass is 16.8. The van der Waals surface area contributed by atoms with E-state index in [1.54, 1.807) is 0 Å². The van der Waals surface area contributed by atoms with Crippen LogP contribution in [0.5, 0.6) is 0 Å². The van der Waals surface area contributed by atoms with Gasteiger partial charge in [0.25, 0.3) is 0 Å². The first-order valence-corrected chi connectivity index (χ1v) is 18.5. The van der Waals surface area contributed by atoms with Crippen LogP contribution in [0, 0.1) is 5.92 Å². The minimum atomic E-state index is -3.86. The first kappa shape index (κ1) is 42.8. The third kappa shape index (κ3) is 9.87. The number of hydrogen-bond donors (Lipinski definition) is 5. The lowest BCUT2D eigenvalue weighted by molar-refractivity contribution is -0.374. The van der Waals surface area contributed by atoms with E-state index < -0.39 is 77.7 Å². The van der Waals surface area contributed by atoms with Crippen molar-refractivity contribution in [3.63, 3.8) is 0 Å². The fraction of sp³-hybridized carbons (Fsp3) is 0.488. The number of rotatable bonds is 21. The fourth-order valence-corrected chi connectivity index (χ4v) is 7.17. The molecule has 14 heteroatoms. The second-order valence-electron chi connectivity index (χ2n) is 14.0. The third-order valence-corrected chi connectivity index (χ3v) is 10.1. The van der Waals surface area contributed by atoms with E-state index in [1.807, 2.05) is 91.9 Å². The van der Waals surface area contributed by atoms with Crippen molar-refractivity contribution in [2.75, 3.05) is 0 Å². The van der Waals surface area contributed by atoms with E-state index in [9.17, 15) is 49.5 Å². The number of fused-ring (bicyclic) bond motifs is 2. The van der Waals surface area contributed by atoms with Crippen LogP contribution in [-0.2, 0) is 42.9 Å². The summed E-state index contributed by atoms with van der Waals surface area (Å²) in [6.45, 7) is 3.09. The number of benzene rings is 2. The Morgan fingerprint density at radius 1 is 0.836 bits per heavy atom. The zero-order chi connectivity index (χ0) is 40.2. The van der Waals surface area contributed by atoms with Crippen molar-refractivity contribution in [1.82, 2.24) is 0 Å². The van der Waals surface area contributed by atoms with Crippen LogP contribution in [0.2, 0.25) is 0 Å². The lowest BCUT2D eigenvalue weighted by Gasteiger charge is -2.48. The van der Waals surface area contributed by atoms with Crippen LogP contribution < -0.4 is 0 Å². The Bertz CT molecular complexity index is 1690. The molecule has 2 aliphatic heterocycles. The number of aliphatic hydroxyl groups excluding tert-OH is 1. The number of aliphatic hydroxyl groups is 2. The maximum absolute atomic E-state index is 13.1. The number of carbonyl (C=O) groups is 5. The molecule has 8 atom stereocenters. The molecular formula is C41H50O14. The lowest BCUT2D eigenvalue weighted by Crippen LogP contribution is -2.78. The molecule has 0 amide bonds. The Morgan fingerprint density at radius 2 is 1.44 bits per heavy atom. The highest BCUT2D eigenvalue weighted by molar-refractivity contribution is 5.98. The van der Waals surface area contributed by atoms with Gasteiger partial charge in [-0.25, -0.2) is 14.4 Å². The fourth-order valence-electron chi connectivity index (χ4n) is 7.17. The number of ether oxygens (including phenoxy) is 4. The molecule has 2 saturated heterocycles. The highest BCUT2D eigenvalue weighted by Crippen LogP contribution is 2.55. The van der Waals surface area contributed by atoms with E-state index >= 15 is 0 Å². The van der Waals surface area contributed by atoms with E-state index in [1.165, 1.54) is 6.92 Å². The van der Waals surface area contributed by atoms with Gasteiger partial charge >= 0.3 is 29.8 Å². The molecule has 0 aromatic heterocycles. The van der Waals surface area contributed by atoms with Crippen LogP contribution in [-0.4, -0.2) is 96.8 Å². The summed E-state index contributed by atoms with van der Waals surface area (Å²) in [5.41, 5.74) is -5.31. The Hall–Kier alpha value is -4.89. The number of carboxylic acid groups (broad SMARTS) is 3. The summed E-state index contributed by atoms with van der Waals surface area (Å²) in [6.07, 6.45) is 2.93. The molecule has 2 aromatic carbocycles. The summed E-state index contributed by atoms with van der Waals surface area (Å²) >= 11 is 0. The molecule has 55 heavy (non-hydrogen) atoms. The molecular weight excluding hydrogens is 716 g/mol. The minimum Gasteiger partial charge on any atom is -0.479 e. The van der Waals surface area contributed by atoms with Crippen LogP contribution in [0.4, 0.5) is 0 Å². The van der Waals surface area contributed by atoms with Gasteiger partial charge in [-0.05, 0) is 55.6 Å². The van der Waals surface area contributed by atoms with Gasteiger partial charge in [0, 0.05) is 19.8 Å². The molecule has 5 N–H and O–H groups in total. The van der Waals surface area contributed by atoms with Gasteiger partial charge in [-0.1, -0.05) is 105 Å². The van der Waals surface area contributed by atoms with Crippen LogP contribution >= 0.6 is 0 Å². The molecule has 4 rings (SSSR count). The van der Waals surface area contributed by atoms with Crippen LogP contribution in [0.1, 0.15) is 89.2 Å². The Kier molecular flexibility index (Phi) is 14.9. The molecule has 2 bridgehead atoms. The SMILES string of the molecule is CC(=O)OC(CCCC12O[C@H](C(=O)O)[C@@](O)(C(=O)O)C(C(=O)O)(O1)[C@H](OC(=O)CCCCCC/C=C/c1ccccc1)[C@H]2O)C(C)C/C=C/c1ccccc1. The molecule has 298 valence electrons. The standard InChI is InChI=1S/C41H50O14/c1-27(17-15-23-30-21-12-8-13-22-30)31(52-28(2)42)24-16-26-39-33(44)34(41(55-39,38(49)50)40(51,37(47)48)35(54-39)36(45)46)53-32(43)25-14-6-4-3-5-9-18-29-19-10-7-11-20-29/h7-13,15,18-23,27,31,33-35,44,51H,3-6,14,16-17,24-26H2,1-2H3,(H,45,46)(H,47,48)(H,49,50)/b18-9+,23-15+/t27?,31?,33-,34-,35-,39?,40-,41?/m1/s1. The van der Waals surface area contributed by atoms with Crippen molar-refractivity contribution in [2.45, 2.75) is 119 Å². The normalized spacial score (nSPS) is 27.1. The minimum absolute atomic E-state index is 0.0313. The molecule has 2 aliphatic rings. The van der Waals surface area contributed by atoms with Gasteiger partial charge in [0.1, 0.15) is 12.2 Å². The summed E-state index contributed by atoms with van der Waals surface area (Å²) in [4.78, 5) is 63.1. The van der Waals surface area contributed by atoms with E-state index in [0.717, 1.165) is 30.4 Å². The average molecular weight is 767 g/mol. The molecule has 14 nitrogen and oxygen atoms in total. The largest absolute Gasteiger partial charge is 0.479 e. The van der Waals surface area contributed by atoms with Gasteiger partial charge in [-0.3, -0.25) is 9.59 Å². The number of esters is 2. The Balaban J connectivity index is 1.47. The number of aliphatic carboxylic acids is 3. The zero-order valence-electron chi connectivity index (χ0n) is 31.0. The summed E-state index contributed by atoms with van der Waals surface area (Å²) in [5, 5.41) is 53.7. The van der Waals surface area contributed by atoms with Crippen molar-refractivity contribution in [3.8, 4) is 0 Å². The first-order valence-electron chi connectivity index (χ1n) is 18.5. The van der Waals surface area contributed by atoms with Gasteiger partial charge in [-0.2, -0.15) is 0 Å². The van der Waals surface area contributed by atoms with Crippen LogP contribution in [0.25, 0.3) is 12.2 Å². The van der Waals surface area contributed by atoms with Gasteiger partial charge in [0.15, 0.2) is 6.10 Å². The molecule has 0 radical (unpaired) electrons. The summed E-state index contributed by atoms with van der Waals surface area (Å²) < 4.78 is 22.2. The summed E-state index contributed by atoms with van der Waals surface area (Å²) in [7, 11) is 0. The van der Waals surface area contributed by atoms with E-state index in [4.69, 9.17) is 18.9 Å². The number of carbonyl (C=O) groups excluding carboxylic acids is 2. The van der Waals surface area contributed by atoms with Crippen LogP contribution in [0.15, 0.2) is 72.8 Å². The maximum atomic E-state index is 13.1. The molecule has 2 fully saturated rings. The predicted octanol–water partition coefficient (Wildman–Crippen LogP) is 5.00. The molecule has 2 heterocycles. The van der Waals surface area contributed by atoms with Gasteiger partial charge in [0.05, 0.1) is 0 Å². The van der Waals surface area contributed by atoms with Gasteiger partial charge in [0.2, 0.25) is 23.1 Å². The van der Waals surface area contributed by atoms with E-state index in [-0.39, 0.29) is 25.2 Å². The topological polar surface area (TPSA) is 223 Å². The van der Waals surface area contributed by atoms with Gasteiger partial charge < -0.3 is 44.5 Å². The molecule has 0 aliphatic carbocycles. The van der Waals surface area contributed by atoms with Crippen molar-refractivity contribution < 1.29 is 68.5 Å². The summed E-state index contributed by atoms with van der Waals surface area (Å²) in [5.74, 6) is -11.0. The number of allylic oxidation sites excluding steroid dienone is 2. The third-order valence-electron chi connectivity index (χ3n) is 10.1. The van der Waals surface area contributed by atoms with Crippen molar-refractivity contribution in [1.29, 1.82) is 0 Å². The zero-order valence-corrected chi connectivity index (χ0v) is 31.0. The quantitative estimate of drug-likeness (QED) is 0.0833. The van der Waals surface area contributed by atoms with E-state index in [2.05, 4.69) is 0 Å². The number of carboxylic acids is 3. The molecule has 0 saturated carbocycles. The van der Waals surface area contributed by atoms with Crippen molar-refractivity contribution >= 4 is 42.0 Å². The van der Waals surface area contributed by atoms with Gasteiger partial charge in [-0.15, -0.1) is 0 Å². The second kappa shape index (κ2) is 19.1. The monoisotopic (exact) mass is 766 g/mol. The number of hydrogen-bond acceptors (Lipinski definition) is 11. The first-order chi connectivity index (χ1) is 26.2. The average Bonchev–Trinajstić information content (AvgIpc) is 3.36. The molecule has 4 unspecified atom stereocenters. The summed E-state index contributed by atoms with van der Waals surface area (Å²) in [6, 6.07) is 19.3. The number of unbranched alkanes of at least 4 members (excludes halogenated alkanes) is 4. The Labute approximate surface area is 319 Å². The van der Waals surface area contributed by atoms with Crippen LogP contribution in [0.3, 0.4) is 0 Å². The Morgan fingerprint density at radius 3 is 2.00 bits per heavy atom. The highest BCUT2D eigenvalue weighted by Gasteiger charge is 2.85. The van der Waals surface area contributed by atoms with Crippen molar-refractivity contribution in [3.05, 3.63) is 83.9 Å². The molecule has 0 spiro atoms. The maximum Gasteiger partial charge on any atom is 0.344 e.